The Labute approximate surface area is 139 Å². The Balaban J connectivity index is 4.90. The molecule has 7 nitrogen and oxygen atoms in total. The lowest BCUT2D eigenvalue weighted by Crippen LogP contribution is -2.54. The zero-order valence-electron chi connectivity index (χ0n) is 15.7. The Kier molecular flexibility index (Phi) is 8.00. The van der Waals surface area contributed by atoms with Crippen LogP contribution in [0.15, 0.2) is 0 Å². The lowest BCUT2D eigenvalue weighted by molar-refractivity contribution is -0.160. The molecule has 2 amide bonds. The van der Waals surface area contributed by atoms with E-state index in [1.165, 1.54) is 0 Å². The van der Waals surface area contributed by atoms with Crippen LogP contribution in [-0.2, 0) is 14.3 Å². The van der Waals surface area contributed by atoms with E-state index in [1.807, 2.05) is 34.6 Å². The molecule has 0 aliphatic heterocycles. The summed E-state index contributed by atoms with van der Waals surface area (Å²) < 4.78 is 10.9. The minimum absolute atomic E-state index is 0.0136. The molecule has 0 aromatic heterocycles. The summed E-state index contributed by atoms with van der Waals surface area (Å²) in [5.41, 5.74) is -1.09. The van der Waals surface area contributed by atoms with Crippen molar-refractivity contribution in [3.8, 4) is 0 Å². The molecule has 0 saturated heterocycles. The van der Waals surface area contributed by atoms with Gasteiger partial charge in [0.05, 0.1) is 12.2 Å². The molecule has 3 N–H and O–H groups in total. The van der Waals surface area contributed by atoms with E-state index in [0.29, 0.717) is 6.54 Å². The summed E-state index contributed by atoms with van der Waals surface area (Å²) in [6.45, 7) is 15.2. The standard InChI is InChI=1S/C16H33N3O4/c1-11(2)9-19(17)14(21)18-12(10-22-15(3,4)5)13(20)23-16(6,7)8/h11-12H,9-10,17H2,1-8H3,(H,18,21)/t12-/m0/s1. The van der Waals surface area contributed by atoms with Gasteiger partial charge in [-0.2, -0.15) is 0 Å². The molecular weight excluding hydrogens is 298 g/mol. The third-order valence-corrected chi connectivity index (χ3v) is 2.49. The van der Waals surface area contributed by atoms with Crippen molar-refractivity contribution in [2.24, 2.45) is 11.8 Å². The third kappa shape index (κ3) is 10.9. The number of carbonyl (C=O) groups excluding carboxylic acids is 2. The van der Waals surface area contributed by atoms with Crippen molar-refractivity contribution < 1.29 is 19.1 Å². The van der Waals surface area contributed by atoms with Crippen molar-refractivity contribution in [2.75, 3.05) is 13.2 Å². The van der Waals surface area contributed by atoms with Crippen molar-refractivity contribution in [3.63, 3.8) is 0 Å². The fourth-order valence-electron chi connectivity index (χ4n) is 1.58. The number of nitrogens with two attached hydrogens (primary N) is 1. The number of urea groups is 1. The maximum Gasteiger partial charge on any atom is 0.332 e. The number of hydrogen-bond acceptors (Lipinski definition) is 5. The molecule has 1 atom stereocenters. The Bertz CT molecular complexity index is 397. The lowest BCUT2D eigenvalue weighted by Gasteiger charge is -2.28. The van der Waals surface area contributed by atoms with Crippen LogP contribution in [0.1, 0.15) is 55.4 Å². The van der Waals surface area contributed by atoms with Gasteiger partial charge in [-0.25, -0.2) is 15.4 Å². The fourth-order valence-corrected chi connectivity index (χ4v) is 1.58. The molecule has 0 saturated carbocycles. The van der Waals surface area contributed by atoms with Gasteiger partial charge < -0.3 is 14.8 Å². The summed E-state index contributed by atoms with van der Waals surface area (Å²) in [5, 5.41) is 3.63. The Morgan fingerprint density at radius 2 is 1.61 bits per heavy atom. The van der Waals surface area contributed by atoms with Crippen LogP contribution in [-0.4, -0.2) is 47.4 Å². The summed E-state index contributed by atoms with van der Waals surface area (Å²) in [6.07, 6.45) is 0. The molecule has 0 radical (unpaired) electrons. The van der Waals surface area contributed by atoms with E-state index in [-0.39, 0.29) is 12.5 Å². The molecule has 0 aliphatic carbocycles. The Hall–Kier alpha value is -1.34. The lowest BCUT2D eigenvalue weighted by atomic mass is 10.1. The first kappa shape index (κ1) is 21.7. The van der Waals surface area contributed by atoms with E-state index in [9.17, 15) is 9.59 Å². The molecule has 0 unspecified atom stereocenters. The van der Waals surface area contributed by atoms with Gasteiger partial charge in [0.1, 0.15) is 5.60 Å². The molecule has 7 heteroatoms. The number of carbonyl (C=O) groups is 2. The van der Waals surface area contributed by atoms with Crippen LogP contribution in [0.2, 0.25) is 0 Å². The molecule has 0 bridgehead atoms. The van der Waals surface area contributed by atoms with Gasteiger partial charge in [-0.05, 0) is 47.5 Å². The number of rotatable bonds is 6. The van der Waals surface area contributed by atoms with Gasteiger partial charge in [0, 0.05) is 6.54 Å². The van der Waals surface area contributed by atoms with E-state index in [4.69, 9.17) is 15.3 Å². The van der Waals surface area contributed by atoms with Gasteiger partial charge in [-0.3, -0.25) is 5.01 Å². The van der Waals surface area contributed by atoms with E-state index in [1.54, 1.807) is 20.8 Å². The summed E-state index contributed by atoms with van der Waals surface area (Å²) >= 11 is 0. The quantitative estimate of drug-likeness (QED) is 0.336. The fraction of sp³-hybridized carbons (Fsp3) is 0.875. The minimum atomic E-state index is -0.917. The normalized spacial score (nSPS) is 13.7. The van der Waals surface area contributed by atoms with E-state index in [0.717, 1.165) is 5.01 Å². The van der Waals surface area contributed by atoms with E-state index >= 15 is 0 Å². The van der Waals surface area contributed by atoms with Crippen LogP contribution >= 0.6 is 0 Å². The first-order valence-electron chi connectivity index (χ1n) is 7.91. The molecule has 0 rings (SSSR count). The molecule has 0 aromatic carbocycles. The van der Waals surface area contributed by atoms with Gasteiger partial charge in [0.2, 0.25) is 0 Å². The second-order valence-corrected chi connectivity index (χ2v) is 8.01. The minimum Gasteiger partial charge on any atom is -0.458 e. The molecule has 0 aliphatic rings. The number of esters is 1. The van der Waals surface area contributed by atoms with Crippen molar-refractivity contribution in [1.82, 2.24) is 10.3 Å². The summed E-state index contributed by atoms with van der Waals surface area (Å²) in [4.78, 5) is 24.4. The van der Waals surface area contributed by atoms with Gasteiger partial charge in [0.15, 0.2) is 6.04 Å². The molecular formula is C16H33N3O4. The van der Waals surface area contributed by atoms with E-state index < -0.39 is 29.2 Å². The van der Waals surface area contributed by atoms with E-state index in [2.05, 4.69) is 5.32 Å². The highest BCUT2D eigenvalue weighted by atomic mass is 16.6. The zero-order valence-corrected chi connectivity index (χ0v) is 15.7. The van der Waals surface area contributed by atoms with Crippen molar-refractivity contribution >= 4 is 12.0 Å². The maximum atomic E-state index is 12.3. The second-order valence-electron chi connectivity index (χ2n) is 8.01. The number of amides is 2. The van der Waals surface area contributed by atoms with Crippen LogP contribution in [0.4, 0.5) is 4.79 Å². The SMILES string of the molecule is CC(C)CN(N)C(=O)N[C@@H](COC(C)(C)C)C(=O)OC(C)(C)C. The maximum absolute atomic E-state index is 12.3. The van der Waals surface area contributed by atoms with Crippen LogP contribution in [0.25, 0.3) is 0 Å². The van der Waals surface area contributed by atoms with Crippen molar-refractivity contribution in [3.05, 3.63) is 0 Å². The summed E-state index contributed by atoms with van der Waals surface area (Å²) in [6, 6.07) is -1.45. The smallest absolute Gasteiger partial charge is 0.332 e. The highest BCUT2D eigenvalue weighted by molar-refractivity contribution is 5.83. The molecule has 23 heavy (non-hydrogen) atoms. The number of hydrazine groups is 1. The first-order chi connectivity index (χ1) is 10.2. The Morgan fingerprint density at radius 3 is 2.00 bits per heavy atom. The Morgan fingerprint density at radius 1 is 1.09 bits per heavy atom. The van der Waals surface area contributed by atoms with Crippen LogP contribution < -0.4 is 11.2 Å². The first-order valence-corrected chi connectivity index (χ1v) is 7.91. The summed E-state index contributed by atoms with van der Waals surface area (Å²) in [7, 11) is 0. The van der Waals surface area contributed by atoms with Crippen LogP contribution in [0.3, 0.4) is 0 Å². The average molecular weight is 331 g/mol. The van der Waals surface area contributed by atoms with Crippen molar-refractivity contribution in [1.29, 1.82) is 0 Å². The second kappa shape index (κ2) is 8.49. The largest absolute Gasteiger partial charge is 0.458 e. The molecule has 0 spiro atoms. The molecule has 0 aromatic rings. The predicted octanol–water partition coefficient (Wildman–Crippen LogP) is 2.05. The topological polar surface area (TPSA) is 93.9 Å². The van der Waals surface area contributed by atoms with Gasteiger partial charge in [0.25, 0.3) is 0 Å². The van der Waals surface area contributed by atoms with Crippen LogP contribution in [0, 0.1) is 5.92 Å². The molecule has 136 valence electrons. The molecule has 0 heterocycles. The van der Waals surface area contributed by atoms with Crippen molar-refractivity contribution in [2.45, 2.75) is 72.6 Å². The number of nitrogens with zero attached hydrogens (tertiary/aromatic N) is 1. The van der Waals surface area contributed by atoms with Gasteiger partial charge in [-0.1, -0.05) is 13.8 Å². The average Bonchev–Trinajstić information content (AvgIpc) is 2.29. The van der Waals surface area contributed by atoms with Gasteiger partial charge >= 0.3 is 12.0 Å². The number of ether oxygens (including phenoxy) is 2. The predicted molar refractivity (Wildman–Crippen MR) is 89.6 cm³/mol. The van der Waals surface area contributed by atoms with Gasteiger partial charge in [-0.15, -0.1) is 0 Å². The van der Waals surface area contributed by atoms with Crippen LogP contribution in [0.5, 0.6) is 0 Å². The number of nitrogens with one attached hydrogen (secondary N) is 1. The number of hydrogen-bond donors (Lipinski definition) is 2. The highest BCUT2D eigenvalue weighted by Gasteiger charge is 2.29. The summed E-state index contributed by atoms with van der Waals surface area (Å²) in [5.74, 6) is 5.38. The third-order valence-electron chi connectivity index (χ3n) is 2.49. The monoisotopic (exact) mass is 331 g/mol. The highest BCUT2D eigenvalue weighted by Crippen LogP contribution is 2.12. The molecule has 0 fully saturated rings. The zero-order chi connectivity index (χ0) is 18.4.